The van der Waals surface area contributed by atoms with Gasteiger partial charge in [-0.1, -0.05) is 0 Å². The molecule has 0 spiro atoms. The van der Waals surface area contributed by atoms with E-state index >= 15 is 0 Å². The van der Waals surface area contributed by atoms with Gasteiger partial charge >= 0.3 is 5.97 Å². The summed E-state index contributed by atoms with van der Waals surface area (Å²) in [6, 6.07) is 0. The summed E-state index contributed by atoms with van der Waals surface area (Å²) in [5.41, 5.74) is 6.04. The number of carbonyl (C=O) groups is 1. The third-order valence-electron chi connectivity index (χ3n) is 2.77. The lowest BCUT2D eigenvalue weighted by molar-refractivity contribution is 0.0529. The van der Waals surface area contributed by atoms with Crippen LogP contribution in [0.1, 0.15) is 23.7 Å². The Kier molecular flexibility index (Phi) is 4.38. The highest BCUT2D eigenvalue weighted by Crippen LogP contribution is 2.28. The predicted molar refractivity (Wildman–Crippen MR) is 69.9 cm³/mol. The summed E-state index contributed by atoms with van der Waals surface area (Å²) >= 11 is 1.19. The van der Waals surface area contributed by atoms with E-state index in [1.165, 1.54) is 11.5 Å². The van der Waals surface area contributed by atoms with Crippen LogP contribution in [-0.4, -0.2) is 36.7 Å². The van der Waals surface area contributed by atoms with Crippen molar-refractivity contribution in [3.63, 3.8) is 0 Å². The zero-order chi connectivity index (χ0) is 13.0. The minimum Gasteiger partial charge on any atom is -0.462 e. The molecule has 0 amide bonds. The summed E-state index contributed by atoms with van der Waals surface area (Å²) in [6.45, 7) is 4.41. The number of hydrogen-bond acceptors (Lipinski definition) is 7. The van der Waals surface area contributed by atoms with Crippen molar-refractivity contribution in [2.24, 2.45) is 5.92 Å². The molecule has 2 rings (SSSR count). The summed E-state index contributed by atoms with van der Waals surface area (Å²) < 4.78 is 14.3. The molecular weight excluding hydrogens is 254 g/mol. The molecule has 0 saturated carbocycles. The molecule has 3 N–H and O–H groups in total. The SMILES string of the molecule is CCOC(=O)c1c(N)nsc1NCC1CCOC1. The van der Waals surface area contributed by atoms with E-state index in [9.17, 15) is 4.79 Å². The topological polar surface area (TPSA) is 86.5 Å². The molecule has 2 heterocycles. The highest BCUT2D eigenvalue weighted by Gasteiger charge is 2.22. The molecule has 0 radical (unpaired) electrons. The van der Waals surface area contributed by atoms with Crippen molar-refractivity contribution >= 4 is 28.3 Å². The first-order valence-electron chi connectivity index (χ1n) is 5.96. The highest BCUT2D eigenvalue weighted by molar-refractivity contribution is 7.11. The third kappa shape index (κ3) is 2.91. The summed E-state index contributed by atoms with van der Waals surface area (Å²) in [7, 11) is 0. The number of ether oxygens (including phenoxy) is 2. The molecule has 18 heavy (non-hydrogen) atoms. The first kappa shape index (κ1) is 13.1. The van der Waals surface area contributed by atoms with E-state index in [2.05, 4.69) is 9.69 Å². The zero-order valence-electron chi connectivity index (χ0n) is 10.3. The summed E-state index contributed by atoms with van der Waals surface area (Å²) in [5.74, 6) is 0.279. The summed E-state index contributed by atoms with van der Waals surface area (Å²) in [6.07, 6.45) is 1.04. The number of hydrogen-bond donors (Lipinski definition) is 2. The molecule has 6 nitrogen and oxygen atoms in total. The largest absolute Gasteiger partial charge is 0.462 e. The lowest BCUT2D eigenvalue weighted by Crippen LogP contribution is -2.16. The van der Waals surface area contributed by atoms with E-state index in [0.717, 1.165) is 26.2 Å². The number of aromatic nitrogens is 1. The molecule has 1 aliphatic rings. The Morgan fingerprint density at radius 1 is 1.72 bits per heavy atom. The van der Waals surface area contributed by atoms with Crippen LogP contribution >= 0.6 is 11.5 Å². The maximum Gasteiger partial charge on any atom is 0.344 e. The molecule has 1 unspecified atom stereocenters. The molecule has 0 aromatic carbocycles. The maximum atomic E-state index is 11.7. The van der Waals surface area contributed by atoms with E-state index < -0.39 is 5.97 Å². The first-order chi connectivity index (χ1) is 8.72. The maximum absolute atomic E-state index is 11.7. The van der Waals surface area contributed by atoms with Gasteiger partial charge in [0.15, 0.2) is 5.82 Å². The Morgan fingerprint density at radius 2 is 2.56 bits per heavy atom. The zero-order valence-corrected chi connectivity index (χ0v) is 11.1. The van der Waals surface area contributed by atoms with Crippen LogP contribution in [0.3, 0.4) is 0 Å². The number of nitrogens with two attached hydrogens (primary N) is 1. The van der Waals surface area contributed by atoms with Crippen LogP contribution < -0.4 is 11.1 Å². The minimum absolute atomic E-state index is 0.226. The number of rotatable bonds is 5. The number of nitrogens with one attached hydrogen (secondary N) is 1. The Labute approximate surface area is 110 Å². The van der Waals surface area contributed by atoms with Gasteiger partial charge in [-0.05, 0) is 24.9 Å². The Morgan fingerprint density at radius 3 is 3.22 bits per heavy atom. The molecule has 7 heteroatoms. The van der Waals surface area contributed by atoms with Crippen LogP contribution in [0, 0.1) is 5.92 Å². The molecular formula is C11H17N3O3S. The van der Waals surface area contributed by atoms with Gasteiger partial charge in [-0.2, -0.15) is 4.37 Å². The summed E-state index contributed by atoms with van der Waals surface area (Å²) in [4.78, 5) is 11.7. The highest BCUT2D eigenvalue weighted by atomic mass is 32.1. The molecule has 100 valence electrons. The molecule has 1 aliphatic heterocycles. The molecule has 1 saturated heterocycles. The van der Waals surface area contributed by atoms with Crippen molar-refractivity contribution in [1.82, 2.24) is 4.37 Å². The van der Waals surface area contributed by atoms with E-state index in [1.807, 2.05) is 0 Å². The van der Waals surface area contributed by atoms with Crippen LogP contribution in [0.15, 0.2) is 0 Å². The third-order valence-corrected chi connectivity index (χ3v) is 3.59. The number of nitrogens with zero attached hydrogens (tertiary/aromatic N) is 1. The van der Waals surface area contributed by atoms with Gasteiger partial charge in [0.1, 0.15) is 10.6 Å². The van der Waals surface area contributed by atoms with Crippen LogP contribution in [0.4, 0.5) is 10.8 Å². The fourth-order valence-corrected chi connectivity index (χ4v) is 2.51. The molecule has 1 fully saturated rings. The second-order valence-electron chi connectivity index (χ2n) is 4.10. The van der Waals surface area contributed by atoms with Crippen molar-refractivity contribution in [2.75, 3.05) is 37.4 Å². The number of anilines is 2. The Balaban J connectivity index is 2.01. The van der Waals surface area contributed by atoms with E-state index in [4.69, 9.17) is 15.2 Å². The lowest BCUT2D eigenvalue weighted by atomic mass is 10.1. The number of esters is 1. The molecule has 0 aliphatic carbocycles. The number of nitrogen functional groups attached to an aromatic ring is 1. The van der Waals surface area contributed by atoms with E-state index in [0.29, 0.717) is 23.1 Å². The molecule has 0 bridgehead atoms. The standard InChI is InChI=1S/C11H17N3O3S/c1-2-17-11(15)8-9(12)14-18-10(8)13-5-7-3-4-16-6-7/h7,13H,2-6H2,1H3,(H2,12,14). The fourth-order valence-electron chi connectivity index (χ4n) is 1.80. The van der Waals surface area contributed by atoms with E-state index in [-0.39, 0.29) is 5.82 Å². The van der Waals surface area contributed by atoms with Gasteiger partial charge in [0.2, 0.25) is 0 Å². The van der Waals surface area contributed by atoms with Gasteiger partial charge in [-0.3, -0.25) is 0 Å². The van der Waals surface area contributed by atoms with Crippen molar-refractivity contribution < 1.29 is 14.3 Å². The normalized spacial score (nSPS) is 18.8. The van der Waals surface area contributed by atoms with Crippen LogP contribution in [0.5, 0.6) is 0 Å². The fraction of sp³-hybridized carbons (Fsp3) is 0.636. The Bertz CT molecular complexity index is 416. The lowest BCUT2D eigenvalue weighted by Gasteiger charge is -2.10. The quantitative estimate of drug-likeness (QED) is 0.786. The molecule has 1 aromatic rings. The average Bonchev–Trinajstić information content (AvgIpc) is 2.96. The van der Waals surface area contributed by atoms with Crippen LogP contribution in [0.25, 0.3) is 0 Å². The summed E-state index contributed by atoms with van der Waals surface area (Å²) in [5, 5.41) is 3.89. The Hall–Kier alpha value is -1.34. The molecule has 1 aromatic heterocycles. The van der Waals surface area contributed by atoms with Crippen molar-refractivity contribution in [2.45, 2.75) is 13.3 Å². The predicted octanol–water partition coefficient (Wildman–Crippen LogP) is 1.35. The monoisotopic (exact) mass is 271 g/mol. The van der Waals surface area contributed by atoms with Gasteiger partial charge in [-0.25, -0.2) is 4.79 Å². The van der Waals surface area contributed by atoms with Crippen LogP contribution in [-0.2, 0) is 9.47 Å². The van der Waals surface area contributed by atoms with Gasteiger partial charge in [0.05, 0.1) is 13.2 Å². The van der Waals surface area contributed by atoms with Crippen LogP contribution in [0.2, 0.25) is 0 Å². The van der Waals surface area contributed by atoms with Gasteiger partial charge in [0, 0.05) is 19.1 Å². The van der Waals surface area contributed by atoms with E-state index in [1.54, 1.807) is 6.92 Å². The van der Waals surface area contributed by atoms with Crippen molar-refractivity contribution in [3.8, 4) is 0 Å². The van der Waals surface area contributed by atoms with Gasteiger partial charge < -0.3 is 20.5 Å². The second-order valence-corrected chi connectivity index (χ2v) is 4.88. The molecule has 1 atom stereocenters. The van der Waals surface area contributed by atoms with Crippen molar-refractivity contribution in [3.05, 3.63) is 5.56 Å². The second kappa shape index (κ2) is 6.01. The minimum atomic E-state index is -0.422. The average molecular weight is 271 g/mol. The first-order valence-corrected chi connectivity index (χ1v) is 6.73. The van der Waals surface area contributed by atoms with Gasteiger partial charge in [-0.15, -0.1) is 0 Å². The van der Waals surface area contributed by atoms with Crippen molar-refractivity contribution in [1.29, 1.82) is 0 Å². The smallest absolute Gasteiger partial charge is 0.344 e. The van der Waals surface area contributed by atoms with Gasteiger partial charge in [0.25, 0.3) is 0 Å². The number of carbonyl (C=O) groups excluding carboxylic acids is 1.